The number of hydrogen-bond acceptors (Lipinski definition) is 4. The Balaban J connectivity index is 0.00000256. The number of fused-ring (bicyclic) bond motifs is 1. The molecule has 30 heavy (non-hydrogen) atoms. The number of likely N-dealkylation sites (tertiary alicyclic amines) is 1. The zero-order valence-corrected chi connectivity index (χ0v) is 19.7. The van der Waals surface area contributed by atoms with Gasteiger partial charge < -0.3 is 24.3 Å². The van der Waals surface area contributed by atoms with Crippen molar-refractivity contribution in [3.05, 3.63) is 47.8 Å². The van der Waals surface area contributed by atoms with Gasteiger partial charge in [-0.05, 0) is 36.5 Å². The number of guanidine groups is 1. The summed E-state index contributed by atoms with van der Waals surface area (Å²) in [5.41, 5.74) is 1.62. The summed E-state index contributed by atoms with van der Waals surface area (Å²) in [7, 11) is 1.80. The standard InChI is InChI=1S/C21H28FN5O2.HI/c1-15-4-7-26(11-19(15)27-8-6-24-13-27)21(23-2)25-5-3-16-9-18(22)10-17-12-28-14-29-20(16)17;/h6,8-10,13,15,19H,3-5,7,11-12,14H2,1-2H3,(H,23,25);1H. The Morgan fingerprint density at radius 1 is 1.40 bits per heavy atom. The first kappa shape index (κ1) is 22.8. The van der Waals surface area contributed by atoms with Crippen molar-refractivity contribution in [3.8, 4) is 5.75 Å². The summed E-state index contributed by atoms with van der Waals surface area (Å²) in [6.07, 6.45) is 7.48. The van der Waals surface area contributed by atoms with Crippen LogP contribution >= 0.6 is 24.0 Å². The molecule has 1 fully saturated rings. The summed E-state index contributed by atoms with van der Waals surface area (Å²) in [5.74, 6) is 1.94. The first-order chi connectivity index (χ1) is 14.2. The van der Waals surface area contributed by atoms with E-state index >= 15 is 0 Å². The van der Waals surface area contributed by atoms with Gasteiger partial charge in [-0.1, -0.05) is 6.92 Å². The molecule has 1 N–H and O–H groups in total. The van der Waals surface area contributed by atoms with Gasteiger partial charge in [0, 0.05) is 44.6 Å². The molecule has 9 heteroatoms. The Morgan fingerprint density at radius 3 is 3.03 bits per heavy atom. The molecule has 2 aromatic rings. The van der Waals surface area contributed by atoms with E-state index in [0.29, 0.717) is 31.5 Å². The number of aromatic nitrogens is 2. The Bertz CT molecular complexity index is 861. The topological polar surface area (TPSA) is 63.9 Å². The minimum atomic E-state index is -0.259. The largest absolute Gasteiger partial charge is 0.467 e. The molecule has 1 saturated heterocycles. The molecule has 4 rings (SSSR count). The second-order valence-electron chi connectivity index (χ2n) is 7.68. The number of nitrogens with one attached hydrogen (secondary N) is 1. The summed E-state index contributed by atoms with van der Waals surface area (Å²) < 4.78 is 27.0. The lowest BCUT2D eigenvalue weighted by Crippen LogP contribution is -2.49. The Hall–Kier alpha value is -1.88. The summed E-state index contributed by atoms with van der Waals surface area (Å²) in [4.78, 5) is 11.0. The van der Waals surface area contributed by atoms with Crippen LogP contribution in [-0.2, 0) is 17.8 Å². The number of halogens is 2. The molecular weight excluding hydrogens is 500 g/mol. The van der Waals surface area contributed by atoms with Gasteiger partial charge in [0.25, 0.3) is 0 Å². The van der Waals surface area contributed by atoms with Gasteiger partial charge in [-0.25, -0.2) is 9.37 Å². The monoisotopic (exact) mass is 529 g/mol. The zero-order valence-electron chi connectivity index (χ0n) is 17.4. The molecule has 0 bridgehead atoms. The number of aliphatic imine (C=N–C) groups is 1. The van der Waals surface area contributed by atoms with Crippen molar-refractivity contribution in [1.82, 2.24) is 19.8 Å². The van der Waals surface area contributed by atoms with Crippen LogP contribution < -0.4 is 10.1 Å². The fraction of sp³-hybridized carbons (Fsp3) is 0.524. The molecule has 0 amide bonds. The molecule has 2 atom stereocenters. The SMILES string of the molecule is CN=C(NCCc1cc(F)cc2c1OCOC2)N1CCC(C)C(n2ccnc2)C1.I. The molecule has 3 heterocycles. The molecule has 7 nitrogen and oxygen atoms in total. The first-order valence-corrected chi connectivity index (χ1v) is 10.1. The third kappa shape index (κ3) is 5.05. The number of piperidine rings is 1. The van der Waals surface area contributed by atoms with Crippen molar-refractivity contribution >= 4 is 29.9 Å². The third-order valence-corrected chi connectivity index (χ3v) is 5.77. The highest BCUT2D eigenvalue weighted by molar-refractivity contribution is 14.0. The van der Waals surface area contributed by atoms with Gasteiger partial charge in [-0.15, -0.1) is 24.0 Å². The van der Waals surface area contributed by atoms with Gasteiger partial charge in [0.2, 0.25) is 0 Å². The first-order valence-electron chi connectivity index (χ1n) is 10.1. The van der Waals surface area contributed by atoms with Gasteiger partial charge in [-0.3, -0.25) is 4.99 Å². The van der Waals surface area contributed by atoms with E-state index in [1.165, 1.54) is 6.07 Å². The molecule has 2 aliphatic heterocycles. The van der Waals surface area contributed by atoms with Gasteiger partial charge in [0.05, 0.1) is 19.0 Å². The van der Waals surface area contributed by atoms with Crippen molar-refractivity contribution in [1.29, 1.82) is 0 Å². The maximum Gasteiger partial charge on any atom is 0.193 e. The molecule has 2 unspecified atom stereocenters. The summed E-state index contributed by atoms with van der Waals surface area (Å²) in [6, 6.07) is 3.40. The van der Waals surface area contributed by atoms with Crippen LogP contribution in [0.5, 0.6) is 5.75 Å². The average Bonchev–Trinajstić information content (AvgIpc) is 3.26. The Morgan fingerprint density at radius 2 is 2.27 bits per heavy atom. The third-order valence-electron chi connectivity index (χ3n) is 5.77. The van der Waals surface area contributed by atoms with Crippen LogP contribution in [0.25, 0.3) is 0 Å². The van der Waals surface area contributed by atoms with Crippen molar-refractivity contribution in [2.24, 2.45) is 10.9 Å². The second-order valence-corrected chi connectivity index (χ2v) is 7.68. The van der Waals surface area contributed by atoms with Crippen LogP contribution in [0.15, 0.2) is 35.8 Å². The normalized spacial score (nSPS) is 21.4. The number of nitrogens with zero attached hydrogens (tertiary/aromatic N) is 4. The summed E-state index contributed by atoms with van der Waals surface area (Å²) >= 11 is 0. The van der Waals surface area contributed by atoms with Crippen LogP contribution in [0.2, 0.25) is 0 Å². The van der Waals surface area contributed by atoms with Gasteiger partial charge >= 0.3 is 0 Å². The number of rotatable bonds is 4. The highest BCUT2D eigenvalue weighted by atomic mass is 127. The lowest BCUT2D eigenvalue weighted by Gasteiger charge is -2.39. The van der Waals surface area contributed by atoms with E-state index in [0.717, 1.165) is 42.3 Å². The maximum atomic E-state index is 13.9. The molecule has 164 valence electrons. The van der Waals surface area contributed by atoms with Gasteiger partial charge in [-0.2, -0.15) is 0 Å². The number of benzene rings is 1. The predicted molar refractivity (Wildman–Crippen MR) is 124 cm³/mol. The average molecular weight is 529 g/mol. The molecule has 0 radical (unpaired) electrons. The van der Waals surface area contributed by atoms with Gasteiger partial charge in [0.1, 0.15) is 11.6 Å². The Kier molecular flexibility index (Phi) is 7.93. The quantitative estimate of drug-likeness (QED) is 0.375. The van der Waals surface area contributed by atoms with Crippen LogP contribution in [0, 0.1) is 11.7 Å². The Labute approximate surface area is 193 Å². The minimum Gasteiger partial charge on any atom is -0.467 e. The van der Waals surface area contributed by atoms with Crippen molar-refractivity contribution in [2.75, 3.05) is 33.5 Å². The highest BCUT2D eigenvalue weighted by Crippen LogP contribution is 2.30. The number of imidazole rings is 1. The van der Waals surface area contributed by atoms with E-state index in [2.05, 4.69) is 31.7 Å². The zero-order chi connectivity index (χ0) is 20.2. The molecule has 2 aliphatic rings. The van der Waals surface area contributed by atoms with Crippen molar-refractivity contribution in [2.45, 2.75) is 32.4 Å². The number of ether oxygens (including phenoxy) is 2. The predicted octanol–water partition coefficient (Wildman–Crippen LogP) is 3.21. The fourth-order valence-electron chi connectivity index (χ4n) is 4.18. The van der Waals surface area contributed by atoms with Gasteiger partial charge in [0.15, 0.2) is 12.8 Å². The van der Waals surface area contributed by atoms with Crippen LogP contribution in [0.3, 0.4) is 0 Å². The second kappa shape index (κ2) is 10.4. The van der Waals surface area contributed by atoms with Crippen molar-refractivity contribution in [3.63, 3.8) is 0 Å². The van der Waals surface area contributed by atoms with E-state index in [-0.39, 0.29) is 36.6 Å². The van der Waals surface area contributed by atoms with E-state index in [1.807, 2.05) is 18.7 Å². The van der Waals surface area contributed by atoms with E-state index in [1.54, 1.807) is 13.1 Å². The minimum absolute atomic E-state index is 0. The molecule has 0 spiro atoms. The lowest BCUT2D eigenvalue weighted by atomic mass is 9.93. The van der Waals surface area contributed by atoms with Crippen LogP contribution in [0.1, 0.15) is 30.5 Å². The van der Waals surface area contributed by atoms with E-state index < -0.39 is 0 Å². The smallest absolute Gasteiger partial charge is 0.193 e. The molecule has 0 saturated carbocycles. The maximum absolute atomic E-state index is 13.9. The summed E-state index contributed by atoms with van der Waals surface area (Å²) in [6.45, 7) is 5.37. The summed E-state index contributed by atoms with van der Waals surface area (Å²) in [5, 5.41) is 3.44. The van der Waals surface area contributed by atoms with E-state index in [9.17, 15) is 4.39 Å². The number of hydrogen-bond donors (Lipinski definition) is 1. The molecule has 1 aromatic heterocycles. The van der Waals surface area contributed by atoms with E-state index in [4.69, 9.17) is 9.47 Å². The molecular formula is C21H29FIN5O2. The molecule has 0 aliphatic carbocycles. The van der Waals surface area contributed by atoms with Crippen LogP contribution in [0.4, 0.5) is 4.39 Å². The van der Waals surface area contributed by atoms with Crippen molar-refractivity contribution < 1.29 is 13.9 Å². The fourth-order valence-corrected chi connectivity index (χ4v) is 4.18. The lowest BCUT2D eigenvalue weighted by molar-refractivity contribution is -0.0172. The van der Waals surface area contributed by atoms with Crippen LogP contribution in [-0.4, -0.2) is 53.9 Å². The molecule has 1 aromatic carbocycles. The highest BCUT2D eigenvalue weighted by Gasteiger charge is 2.29.